The summed E-state index contributed by atoms with van der Waals surface area (Å²) in [6.45, 7) is 4.34. The predicted molar refractivity (Wildman–Crippen MR) is 81.1 cm³/mol. The predicted octanol–water partition coefficient (Wildman–Crippen LogP) is 3.14. The van der Waals surface area contributed by atoms with Gasteiger partial charge in [-0.15, -0.1) is 0 Å². The van der Waals surface area contributed by atoms with E-state index in [0.717, 1.165) is 12.1 Å². The third-order valence-corrected chi connectivity index (χ3v) is 4.95. The third-order valence-electron chi connectivity index (χ3n) is 2.52. The number of halogens is 2. The Balaban J connectivity index is 3.00. The number of hydrogen-bond donors (Lipinski definition) is 1. The van der Waals surface area contributed by atoms with Gasteiger partial charge < -0.3 is 9.84 Å². The van der Waals surface area contributed by atoms with E-state index < -0.39 is 15.8 Å². The highest BCUT2D eigenvalue weighted by Crippen LogP contribution is 2.30. The van der Waals surface area contributed by atoms with Crippen LogP contribution in [0.4, 0.5) is 0 Å². The molecule has 0 saturated carbocycles. The Morgan fingerprint density at radius 2 is 1.95 bits per heavy atom. The van der Waals surface area contributed by atoms with Crippen molar-refractivity contribution in [2.45, 2.75) is 18.7 Å². The number of ether oxygens (including phenoxy) is 1. The molecule has 1 rings (SSSR count). The lowest BCUT2D eigenvalue weighted by molar-refractivity contribution is 0.0697. The van der Waals surface area contributed by atoms with Crippen molar-refractivity contribution in [1.29, 1.82) is 0 Å². The number of carbonyl (C=O) groups is 1. The Bertz CT molecular complexity index is 626. The number of sulfone groups is 1. The van der Waals surface area contributed by atoms with Crippen LogP contribution in [0.3, 0.4) is 0 Å². The lowest BCUT2D eigenvalue weighted by Crippen LogP contribution is -2.15. The molecule has 118 valence electrons. The molecule has 0 aliphatic heterocycles. The number of aromatic carboxylic acids is 1. The number of hydrogen-bond acceptors (Lipinski definition) is 4. The molecule has 5 nitrogen and oxygen atoms in total. The van der Waals surface area contributed by atoms with Gasteiger partial charge in [-0.25, -0.2) is 13.2 Å². The molecule has 1 aromatic rings. The molecule has 0 aliphatic carbocycles. The zero-order valence-electron chi connectivity index (χ0n) is 11.6. The van der Waals surface area contributed by atoms with Crippen molar-refractivity contribution in [1.82, 2.24) is 0 Å². The van der Waals surface area contributed by atoms with Gasteiger partial charge in [-0.2, -0.15) is 0 Å². The molecule has 21 heavy (non-hydrogen) atoms. The van der Waals surface area contributed by atoms with Gasteiger partial charge in [0, 0.05) is 11.6 Å². The van der Waals surface area contributed by atoms with Crippen LogP contribution in [0, 0.1) is 5.92 Å². The van der Waals surface area contributed by atoms with Crippen LogP contribution in [-0.4, -0.2) is 38.5 Å². The molecule has 0 aliphatic rings. The van der Waals surface area contributed by atoms with Crippen LogP contribution in [0.25, 0.3) is 0 Å². The Morgan fingerprint density at radius 3 is 2.48 bits per heavy atom. The summed E-state index contributed by atoms with van der Waals surface area (Å²) in [7, 11) is -3.77. The van der Waals surface area contributed by atoms with Gasteiger partial charge in [-0.05, 0) is 18.1 Å². The van der Waals surface area contributed by atoms with Crippen LogP contribution in [0.2, 0.25) is 10.0 Å². The van der Waals surface area contributed by atoms with Crippen molar-refractivity contribution in [3.05, 3.63) is 27.7 Å². The number of rotatable bonds is 7. The first kappa shape index (κ1) is 18.2. The van der Waals surface area contributed by atoms with Crippen LogP contribution in [0.15, 0.2) is 17.0 Å². The third kappa shape index (κ3) is 5.14. The van der Waals surface area contributed by atoms with Crippen molar-refractivity contribution in [3.8, 4) is 0 Å². The second-order valence-corrected chi connectivity index (χ2v) is 7.75. The highest BCUT2D eigenvalue weighted by molar-refractivity contribution is 7.91. The van der Waals surface area contributed by atoms with E-state index in [1.807, 2.05) is 13.8 Å². The summed E-state index contributed by atoms with van der Waals surface area (Å²) in [6.07, 6.45) is 0. The molecule has 0 radical (unpaired) electrons. The van der Waals surface area contributed by atoms with Crippen molar-refractivity contribution in [2.75, 3.05) is 19.0 Å². The average Bonchev–Trinajstić information content (AvgIpc) is 2.36. The minimum absolute atomic E-state index is 0.00141. The SMILES string of the molecule is CC(C)COCCS(=O)(=O)c1cc(Cl)cc(C(=O)O)c1Cl. The van der Waals surface area contributed by atoms with Crippen molar-refractivity contribution >= 4 is 39.0 Å². The standard InChI is InChI=1S/C13H16Cl2O5S/c1-8(2)7-20-3-4-21(18,19)11-6-9(14)5-10(12(11)15)13(16)17/h5-6,8H,3-4,7H2,1-2H3,(H,16,17). The smallest absolute Gasteiger partial charge is 0.337 e. The topological polar surface area (TPSA) is 80.7 Å². The van der Waals surface area contributed by atoms with E-state index >= 15 is 0 Å². The summed E-state index contributed by atoms with van der Waals surface area (Å²) in [4.78, 5) is 10.7. The van der Waals surface area contributed by atoms with Gasteiger partial charge in [0.1, 0.15) is 0 Å². The Labute approximate surface area is 133 Å². The summed E-state index contributed by atoms with van der Waals surface area (Å²) in [5.41, 5.74) is -0.342. The summed E-state index contributed by atoms with van der Waals surface area (Å²) in [5.74, 6) is -1.34. The van der Waals surface area contributed by atoms with Gasteiger partial charge >= 0.3 is 5.97 Å². The van der Waals surface area contributed by atoms with Crippen LogP contribution in [0.1, 0.15) is 24.2 Å². The first-order valence-corrected chi connectivity index (χ1v) is 8.59. The number of carboxylic acid groups (broad SMARTS) is 1. The van der Waals surface area contributed by atoms with E-state index in [2.05, 4.69) is 0 Å². The summed E-state index contributed by atoms with van der Waals surface area (Å²) in [5, 5.41) is 8.65. The molecule has 0 unspecified atom stereocenters. The molecule has 0 bridgehead atoms. The van der Waals surface area contributed by atoms with Crippen molar-refractivity contribution in [3.63, 3.8) is 0 Å². The molecule has 1 N–H and O–H groups in total. The zero-order valence-corrected chi connectivity index (χ0v) is 13.9. The maximum atomic E-state index is 12.2. The molecule has 0 atom stereocenters. The Hall–Kier alpha value is -0.820. The number of benzene rings is 1. The minimum atomic E-state index is -3.77. The Morgan fingerprint density at radius 1 is 1.33 bits per heavy atom. The second kappa shape index (κ2) is 7.45. The summed E-state index contributed by atoms with van der Waals surface area (Å²) >= 11 is 11.6. The highest BCUT2D eigenvalue weighted by atomic mass is 35.5. The van der Waals surface area contributed by atoms with Crippen LogP contribution >= 0.6 is 23.2 Å². The maximum Gasteiger partial charge on any atom is 0.337 e. The molecule has 0 aromatic heterocycles. The van der Waals surface area contributed by atoms with Gasteiger partial charge in [0.2, 0.25) is 0 Å². The molecule has 0 heterocycles. The van der Waals surface area contributed by atoms with Gasteiger partial charge in [0.05, 0.1) is 27.8 Å². The van der Waals surface area contributed by atoms with Gasteiger partial charge in [0.15, 0.2) is 9.84 Å². The van der Waals surface area contributed by atoms with E-state index in [-0.39, 0.29) is 32.9 Å². The van der Waals surface area contributed by atoms with Crippen LogP contribution in [0.5, 0.6) is 0 Å². The molecule has 0 fully saturated rings. The second-order valence-electron chi connectivity index (χ2n) is 4.86. The number of carboxylic acids is 1. The van der Waals surface area contributed by atoms with Crippen molar-refractivity contribution < 1.29 is 23.1 Å². The molecular formula is C13H16Cl2O5S. The summed E-state index contributed by atoms with van der Waals surface area (Å²) in [6, 6.07) is 2.26. The Kier molecular flexibility index (Phi) is 6.46. The molecule has 0 saturated heterocycles. The van der Waals surface area contributed by atoms with Gasteiger partial charge in [0.25, 0.3) is 0 Å². The van der Waals surface area contributed by atoms with E-state index in [4.69, 9.17) is 33.0 Å². The minimum Gasteiger partial charge on any atom is -0.478 e. The van der Waals surface area contributed by atoms with E-state index in [1.165, 1.54) is 0 Å². The van der Waals surface area contributed by atoms with E-state index in [9.17, 15) is 13.2 Å². The largest absolute Gasteiger partial charge is 0.478 e. The highest BCUT2D eigenvalue weighted by Gasteiger charge is 2.23. The fourth-order valence-electron chi connectivity index (χ4n) is 1.54. The van der Waals surface area contributed by atoms with Crippen molar-refractivity contribution in [2.24, 2.45) is 5.92 Å². The summed E-state index contributed by atoms with van der Waals surface area (Å²) < 4.78 is 29.6. The first-order valence-electron chi connectivity index (χ1n) is 6.18. The monoisotopic (exact) mass is 354 g/mol. The zero-order chi connectivity index (χ0) is 16.2. The quantitative estimate of drug-likeness (QED) is 0.760. The molecular weight excluding hydrogens is 339 g/mol. The molecule has 8 heteroatoms. The fourth-order valence-corrected chi connectivity index (χ4v) is 3.62. The first-order chi connectivity index (χ1) is 9.65. The average molecular weight is 355 g/mol. The van der Waals surface area contributed by atoms with Crippen LogP contribution in [-0.2, 0) is 14.6 Å². The fraction of sp³-hybridized carbons (Fsp3) is 0.462. The molecule has 0 spiro atoms. The van der Waals surface area contributed by atoms with E-state index in [0.29, 0.717) is 12.5 Å². The molecule has 1 aromatic carbocycles. The normalized spacial score (nSPS) is 11.9. The maximum absolute atomic E-state index is 12.2. The molecule has 0 amide bonds. The van der Waals surface area contributed by atoms with Gasteiger partial charge in [-0.1, -0.05) is 37.0 Å². The van der Waals surface area contributed by atoms with E-state index in [1.54, 1.807) is 0 Å². The lowest BCUT2D eigenvalue weighted by Gasteiger charge is -2.10. The van der Waals surface area contributed by atoms with Crippen LogP contribution < -0.4 is 0 Å². The van der Waals surface area contributed by atoms with Gasteiger partial charge in [-0.3, -0.25) is 0 Å². The lowest BCUT2D eigenvalue weighted by atomic mass is 10.2.